The lowest BCUT2D eigenvalue weighted by Gasteiger charge is -2.18. The van der Waals surface area contributed by atoms with Gasteiger partial charge in [0.15, 0.2) is 6.10 Å². The van der Waals surface area contributed by atoms with E-state index in [9.17, 15) is 14.4 Å². The zero-order chi connectivity index (χ0) is 57.8. The summed E-state index contributed by atoms with van der Waals surface area (Å²) < 4.78 is 16.9. The van der Waals surface area contributed by atoms with Gasteiger partial charge in [0, 0.05) is 19.3 Å². The Kier molecular flexibility index (Phi) is 62.4. The standard InChI is InChI=1S/C74H118O6/c1-4-7-10-13-16-19-22-25-27-29-30-31-32-33-34-35-36-37-38-39-40-41-42-43-44-46-47-49-52-55-58-61-64-67-73(76)79-70-71(69-78-72(75)66-63-60-57-54-51-24-21-18-15-12-9-6-3)80-74(77)68-65-62-59-56-53-50-48-45-28-26-23-20-17-14-11-8-5-2/h7-8,10-11,16-17,19-20,25-28,30-31,33-34,36-37,39-40,42-43,46-47,52,55,71H,4-6,9,12-15,18,21-24,29,32,35,38,41,44-45,48-51,53-54,56-70H2,1-3H3/b10-7-,11-8-,19-16-,20-17-,27-25-,28-26-,31-30-,34-33-,37-36-,40-39-,43-42-,47-46-,55-52-. The van der Waals surface area contributed by atoms with Crippen LogP contribution in [-0.4, -0.2) is 37.2 Å². The molecule has 0 fully saturated rings. The van der Waals surface area contributed by atoms with Crippen LogP contribution in [0.2, 0.25) is 0 Å². The predicted octanol–water partition coefficient (Wildman–Crippen LogP) is 22.5. The summed E-state index contributed by atoms with van der Waals surface area (Å²) in [6, 6.07) is 0. The van der Waals surface area contributed by atoms with Crippen LogP contribution >= 0.6 is 0 Å². The van der Waals surface area contributed by atoms with E-state index < -0.39 is 6.10 Å². The van der Waals surface area contributed by atoms with Gasteiger partial charge in [-0.3, -0.25) is 14.4 Å². The predicted molar refractivity (Wildman–Crippen MR) is 348 cm³/mol. The molecule has 0 aliphatic rings. The molecular formula is C74H118O6. The molecular weight excluding hydrogens is 985 g/mol. The molecule has 1 atom stereocenters. The van der Waals surface area contributed by atoms with Crippen LogP contribution in [0.25, 0.3) is 0 Å². The molecule has 0 rings (SSSR count). The van der Waals surface area contributed by atoms with Crippen molar-refractivity contribution >= 4 is 17.9 Å². The molecule has 450 valence electrons. The molecule has 0 aromatic carbocycles. The van der Waals surface area contributed by atoms with Crippen LogP contribution in [0.1, 0.15) is 271 Å². The Morgan fingerprint density at radius 2 is 0.487 bits per heavy atom. The summed E-state index contributed by atoms with van der Waals surface area (Å²) in [6.07, 6.45) is 96.8. The number of hydrogen-bond acceptors (Lipinski definition) is 6. The van der Waals surface area contributed by atoms with Crippen LogP contribution < -0.4 is 0 Å². The summed E-state index contributed by atoms with van der Waals surface area (Å²) in [6.45, 7) is 6.37. The minimum absolute atomic E-state index is 0.0994. The lowest BCUT2D eigenvalue weighted by molar-refractivity contribution is -0.167. The van der Waals surface area contributed by atoms with Crippen molar-refractivity contribution in [1.82, 2.24) is 0 Å². The molecule has 0 N–H and O–H groups in total. The van der Waals surface area contributed by atoms with Gasteiger partial charge in [0.2, 0.25) is 0 Å². The normalized spacial score (nSPS) is 13.2. The van der Waals surface area contributed by atoms with Crippen LogP contribution in [0.5, 0.6) is 0 Å². The Morgan fingerprint density at radius 3 is 0.787 bits per heavy atom. The van der Waals surface area contributed by atoms with E-state index in [2.05, 4.69) is 179 Å². The van der Waals surface area contributed by atoms with E-state index in [4.69, 9.17) is 14.2 Å². The average Bonchev–Trinajstić information content (AvgIpc) is 3.46. The van der Waals surface area contributed by atoms with E-state index in [1.54, 1.807) is 0 Å². The van der Waals surface area contributed by atoms with E-state index in [-0.39, 0.29) is 31.1 Å². The first-order valence-corrected chi connectivity index (χ1v) is 32.5. The van der Waals surface area contributed by atoms with E-state index in [1.807, 2.05) is 0 Å². The highest BCUT2D eigenvalue weighted by atomic mass is 16.6. The first-order valence-electron chi connectivity index (χ1n) is 32.5. The maximum Gasteiger partial charge on any atom is 0.306 e. The molecule has 0 amide bonds. The summed E-state index contributed by atoms with van der Waals surface area (Å²) in [5.74, 6) is -0.957. The van der Waals surface area contributed by atoms with Gasteiger partial charge in [-0.05, 0) is 128 Å². The first-order chi connectivity index (χ1) is 39.5. The van der Waals surface area contributed by atoms with Crippen molar-refractivity contribution in [2.24, 2.45) is 0 Å². The maximum atomic E-state index is 12.9. The number of carbonyl (C=O) groups excluding carboxylic acids is 3. The van der Waals surface area contributed by atoms with Gasteiger partial charge < -0.3 is 14.2 Å². The van der Waals surface area contributed by atoms with Gasteiger partial charge in [-0.25, -0.2) is 0 Å². The van der Waals surface area contributed by atoms with Crippen molar-refractivity contribution in [2.45, 2.75) is 277 Å². The van der Waals surface area contributed by atoms with Crippen LogP contribution in [0.15, 0.2) is 158 Å². The topological polar surface area (TPSA) is 78.9 Å². The molecule has 0 bridgehead atoms. The summed E-state index contributed by atoms with van der Waals surface area (Å²) in [7, 11) is 0. The Labute approximate surface area is 492 Å². The third kappa shape index (κ3) is 63.9. The molecule has 0 heterocycles. The third-order valence-corrected chi connectivity index (χ3v) is 13.3. The Bertz CT molecular complexity index is 1790. The van der Waals surface area contributed by atoms with Crippen molar-refractivity contribution in [3.8, 4) is 0 Å². The van der Waals surface area contributed by atoms with Crippen molar-refractivity contribution in [2.75, 3.05) is 13.2 Å². The lowest BCUT2D eigenvalue weighted by atomic mass is 10.0. The van der Waals surface area contributed by atoms with Gasteiger partial charge in [0.05, 0.1) is 0 Å². The number of esters is 3. The highest BCUT2D eigenvalue weighted by Gasteiger charge is 2.19. The van der Waals surface area contributed by atoms with Crippen molar-refractivity contribution < 1.29 is 28.6 Å². The molecule has 0 aliphatic carbocycles. The lowest BCUT2D eigenvalue weighted by Crippen LogP contribution is -2.30. The fourth-order valence-corrected chi connectivity index (χ4v) is 8.48. The zero-order valence-corrected chi connectivity index (χ0v) is 51.5. The fourth-order valence-electron chi connectivity index (χ4n) is 8.48. The molecule has 6 nitrogen and oxygen atoms in total. The molecule has 6 heteroatoms. The molecule has 0 spiro atoms. The van der Waals surface area contributed by atoms with E-state index in [0.29, 0.717) is 25.7 Å². The molecule has 0 saturated heterocycles. The van der Waals surface area contributed by atoms with Crippen LogP contribution in [-0.2, 0) is 28.6 Å². The fraction of sp³-hybridized carbons (Fsp3) is 0.608. The van der Waals surface area contributed by atoms with E-state index in [0.717, 1.165) is 141 Å². The second-order valence-electron chi connectivity index (χ2n) is 20.9. The maximum absolute atomic E-state index is 12.9. The zero-order valence-electron chi connectivity index (χ0n) is 51.5. The quantitative estimate of drug-likeness (QED) is 0.0261. The minimum Gasteiger partial charge on any atom is -0.462 e. The first kappa shape index (κ1) is 75.0. The molecule has 0 aliphatic heterocycles. The van der Waals surface area contributed by atoms with Gasteiger partial charge in [0.25, 0.3) is 0 Å². The van der Waals surface area contributed by atoms with E-state index >= 15 is 0 Å². The Hall–Kier alpha value is -4.97. The van der Waals surface area contributed by atoms with Gasteiger partial charge in [-0.1, -0.05) is 281 Å². The number of rotatable bonds is 57. The Morgan fingerprint density at radius 1 is 0.263 bits per heavy atom. The number of ether oxygens (including phenoxy) is 3. The van der Waals surface area contributed by atoms with Crippen molar-refractivity contribution in [3.05, 3.63) is 158 Å². The monoisotopic (exact) mass is 1100 g/mol. The van der Waals surface area contributed by atoms with Gasteiger partial charge in [-0.2, -0.15) is 0 Å². The third-order valence-electron chi connectivity index (χ3n) is 13.3. The second-order valence-corrected chi connectivity index (χ2v) is 20.9. The summed E-state index contributed by atoms with van der Waals surface area (Å²) in [5.41, 5.74) is 0. The molecule has 0 aromatic rings. The highest BCUT2D eigenvalue weighted by molar-refractivity contribution is 5.71. The number of hydrogen-bond donors (Lipinski definition) is 0. The molecule has 1 unspecified atom stereocenters. The Balaban J connectivity index is 4.39. The van der Waals surface area contributed by atoms with Gasteiger partial charge in [0.1, 0.15) is 13.2 Å². The summed E-state index contributed by atoms with van der Waals surface area (Å²) in [4.78, 5) is 38.2. The van der Waals surface area contributed by atoms with Crippen LogP contribution in [0.4, 0.5) is 0 Å². The second kappa shape index (κ2) is 66.5. The summed E-state index contributed by atoms with van der Waals surface area (Å²) >= 11 is 0. The van der Waals surface area contributed by atoms with E-state index in [1.165, 1.54) is 83.5 Å². The number of carbonyl (C=O) groups is 3. The minimum atomic E-state index is -0.807. The van der Waals surface area contributed by atoms with Crippen molar-refractivity contribution in [3.63, 3.8) is 0 Å². The van der Waals surface area contributed by atoms with Gasteiger partial charge >= 0.3 is 17.9 Å². The number of allylic oxidation sites excluding steroid dienone is 26. The van der Waals surface area contributed by atoms with Crippen molar-refractivity contribution in [1.29, 1.82) is 0 Å². The largest absolute Gasteiger partial charge is 0.462 e. The van der Waals surface area contributed by atoms with Gasteiger partial charge in [-0.15, -0.1) is 0 Å². The molecule has 0 aromatic heterocycles. The summed E-state index contributed by atoms with van der Waals surface area (Å²) in [5, 5.41) is 0. The van der Waals surface area contributed by atoms with Crippen LogP contribution in [0, 0.1) is 0 Å². The highest BCUT2D eigenvalue weighted by Crippen LogP contribution is 2.15. The molecule has 0 radical (unpaired) electrons. The van der Waals surface area contributed by atoms with Crippen LogP contribution in [0.3, 0.4) is 0 Å². The smallest absolute Gasteiger partial charge is 0.306 e. The molecule has 0 saturated carbocycles. The SMILES string of the molecule is CC/C=C\C/C=C\C/C=C\C/C=C\C/C=C\C/C=C\C/C=C\C/C=C\C/C=C\C/C=C\CCCCC(=O)OCC(COC(=O)CCCCCCCCCCCCCC)OC(=O)CCCCCCCCC/C=C\C/C=C\C/C=C\CC. The molecule has 80 heavy (non-hydrogen) atoms. The number of unbranched alkanes of at least 4 members (excludes halogenated alkanes) is 20. The average molecular weight is 1100 g/mol.